The first-order valence-electron chi connectivity index (χ1n) is 5.35. The molecule has 96 valence electrons. The van der Waals surface area contributed by atoms with E-state index in [1.165, 1.54) is 11.5 Å². The summed E-state index contributed by atoms with van der Waals surface area (Å²) in [5, 5.41) is 11.0. The molecule has 0 atom stereocenters. The Morgan fingerprint density at radius 2 is 2.33 bits per heavy atom. The SMILES string of the molecule is COc1nscc1CN(C)c1nccc(CO)n1. The third-order valence-electron chi connectivity index (χ3n) is 2.41. The van der Waals surface area contributed by atoms with E-state index in [1.54, 1.807) is 19.4 Å². The summed E-state index contributed by atoms with van der Waals surface area (Å²) in [4.78, 5) is 10.3. The van der Waals surface area contributed by atoms with Gasteiger partial charge >= 0.3 is 0 Å². The lowest BCUT2D eigenvalue weighted by molar-refractivity contribution is 0.276. The van der Waals surface area contributed by atoms with Gasteiger partial charge in [0.25, 0.3) is 0 Å². The number of rotatable bonds is 5. The fraction of sp³-hybridized carbons (Fsp3) is 0.364. The molecule has 18 heavy (non-hydrogen) atoms. The first-order chi connectivity index (χ1) is 8.74. The maximum Gasteiger partial charge on any atom is 0.229 e. The second kappa shape index (κ2) is 5.74. The second-order valence-corrected chi connectivity index (χ2v) is 4.34. The second-order valence-electron chi connectivity index (χ2n) is 3.71. The Morgan fingerprint density at radius 3 is 3.06 bits per heavy atom. The summed E-state index contributed by atoms with van der Waals surface area (Å²) in [6, 6.07) is 1.68. The van der Waals surface area contributed by atoms with Crippen LogP contribution in [0.4, 0.5) is 5.95 Å². The molecule has 0 aliphatic carbocycles. The molecule has 0 aromatic carbocycles. The topological polar surface area (TPSA) is 71.4 Å². The van der Waals surface area contributed by atoms with E-state index in [2.05, 4.69) is 14.3 Å². The summed E-state index contributed by atoms with van der Waals surface area (Å²) in [5.74, 6) is 1.19. The molecule has 0 unspecified atom stereocenters. The van der Waals surface area contributed by atoms with E-state index < -0.39 is 0 Å². The van der Waals surface area contributed by atoms with E-state index in [-0.39, 0.29) is 6.61 Å². The van der Waals surface area contributed by atoms with Crippen LogP contribution >= 0.6 is 11.5 Å². The van der Waals surface area contributed by atoms with Gasteiger partial charge in [-0.2, -0.15) is 4.37 Å². The van der Waals surface area contributed by atoms with Crippen molar-refractivity contribution in [3.8, 4) is 5.88 Å². The normalized spacial score (nSPS) is 10.4. The van der Waals surface area contributed by atoms with Crippen LogP contribution < -0.4 is 9.64 Å². The van der Waals surface area contributed by atoms with Crippen LogP contribution in [0.25, 0.3) is 0 Å². The van der Waals surface area contributed by atoms with E-state index in [1.807, 2.05) is 17.3 Å². The summed E-state index contributed by atoms with van der Waals surface area (Å²) in [5.41, 5.74) is 1.59. The number of methoxy groups -OCH3 is 1. The summed E-state index contributed by atoms with van der Waals surface area (Å²) < 4.78 is 9.29. The Hall–Kier alpha value is -1.73. The zero-order chi connectivity index (χ0) is 13.0. The Bertz CT molecular complexity index is 517. The molecule has 0 aliphatic heterocycles. The first-order valence-corrected chi connectivity index (χ1v) is 6.19. The number of aliphatic hydroxyl groups is 1. The lowest BCUT2D eigenvalue weighted by atomic mass is 10.3. The van der Waals surface area contributed by atoms with E-state index in [0.29, 0.717) is 24.1 Å². The number of aliphatic hydroxyl groups excluding tert-OH is 1. The summed E-state index contributed by atoms with van der Waals surface area (Å²) in [6.45, 7) is 0.515. The Labute approximate surface area is 109 Å². The predicted molar refractivity (Wildman–Crippen MR) is 68.7 cm³/mol. The highest BCUT2D eigenvalue weighted by Crippen LogP contribution is 2.21. The molecule has 0 bridgehead atoms. The summed E-state index contributed by atoms with van der Waals surface area (Å²) in [7, 11) is 3.48. The number of hydrogen-bond donors (Lipinski definition) is 1. The average Bonchev–Trinajstić information content (AvgIpc) is 2.86. The van der Waals surface area contributed by atoms with Gasteiger partial charge in [0.15, 0.2) is 0 Å². The smallest absolute Gasteiger partial charge is 0.229 e. The van der Waals surface area contributed by atoms with Gasteiger partial charge in [0.05, 0.1) is 26.0 Å². The van der Waals surface area contributed by atoms with Crippen LogP contribution in [0, 0.1) is 0 Å². The van der Waals surface area contributed by atoms with Gasteiger partial charge < -0.3 is 14.7 Å². The van der Waals surface area contributed by atoms with Gasteiger partial charge in [-0.05, 0) is 17.6 Å². The highest BCUT2D eigenvalue weighted by Gasteiger charge is 2.11. The number of aromatic nitrogens is 3. The zero-order valence-corrected chi connectivity index (χ0v) is 11.0. The van der Waals surface area contributed by atoms with Crippen molar-refractivity contribution in [2.45, 2.75) is 13.2 Å². The highest BCUT2D eigenvalue weighted by atomic mass is 32.1. The Kier molecular flexibility index (Phi) is 4.06. The van der Waals surface area contributed by atoms with Crippen LogP contribution in [0.1, 0.15) is 11.3 Å². The highest BCUT2D eigenvalue weighted by molar-refractivity contribution is 7.03. The minimum absolute atomic E-state index is 0.0906. The van der Waals surface area contributed by atoms with Gasteiger partial charge in [-0.3, -0.25) is 0 Å². The van der Waals surface area contributed by atoms with Crippen LogP contribution in [-0.4, -0.2) is 33.6 Å². The van der Waals surface area contributed by atoms with Crippen molar-refractivity contribution in [3.05, 3.63) is 28.9 Å². The molecule has 6 nitrogen and oxygen atoms in total. The van der Waals surface area contributed by atoms with Gasteiger partial charge in [0, 0.05) is 24.2 Å². The van der Waals surface area contributed by atoms with E-state index >= 15 is 0 Å². The number of hydrogen-bond acceptors (Lipinski definition) is 7. The van der Waals surface area contributed by atoms with Crippen LogP contribution in [0.5, 0.6) is 5.88 Å². The van der Waals surface area contributed by atoms with E-state index in [4.69, 9.17) is 9.84 Å². The van der Waals surface area contributed by atoms with Gasteiger partial charge in [0.2, 0.25) is 11.8 Å². The number of ether oxygens (including phenoxy) is 1. The zero-order valence-electron chi connectivity index (χ0n) is 10.2. The molecule has 2 aromatic heterocycles. The molecule has 0 fully saturated rings. The minimum Gasteiger partial charge on any atom is -0.480 e. The summed E-state index contributed by atoms with van der Waals surface area (Å²) in [6.07, 6.45) is 1.63. The maximum atomic E-state index is 9.05. The molecule has 1 N–H and O–H groups in total. The molecule has 0 radical (unpaired) electrons. The molecule has 2 heterocycles. The largest absolute Gasteiger partial charge is 0.480 e. The molecule has 2 rings (SSSR count). The number of anilines is 1. The van der Waals surface area contributed by atoms with E-state index in [9.17, 15) is 0 Å². The molecule has 0 spiro atoms. The number of nitrogens with zero attached hydrogens (tertiary/aromatic N) is 4. The predicted octanol–water partition coefficient (Wildman–Crippen LogP) is 1.07. The van der Waals surface area contributed by atoms with Crippen LogP contribution in [0.3, 0.4) is 0 Å². The molecular formula is C11H14N4O2S. The van der Waals surface area contributed by atoms with Crippen LogP contribution in [0.2, 0.25) is 0 Å². The third kappa shape index (κ3) is 2.74. The summed E-state index contributed by atoms with van der Waals surface area (Å²) >= 11 is 1.35. The van der Waals surface area contributed by atoms with Crippen molar-refractivity contribution >= 4 is 17.5 Å². The standard InChI is InChI=1S/C11H14N4O2S/c1-15(5-8-7-18-14-10(8)17-2)11-12-4-3-9(6-16)13-11/h3-4,7,16H,5-6H2,1-2H3. The molecule has 0 saturated heterocycles. The van der Waals surface area contributed by atoms with Gasteiger partial charge in [-0.1, -0.05) is 0 Å². The molecule has 0 saturated carbocycles. The van der Waals surface area contributed by atoms with Crippen LogP contribution in [0.15, 0.2) is 17.6 Å². The van der Waals surface area contributed by atoms with Crippen molar-refractivity contribution in [1.29, 1.82) is 0 Å². The van der Waals surface area contributed by atoms with Crippen molar-refractivity contribution in [1.82, 2.24) is 14.3 Å². The van der Waals surface area contributed by atoms with Crippen molar-refractivity contribution in [3.63, 3.8) is 0 Å². The maximum absolute atomic E-state index is 9.05. The third-order valence-corrected chi connectivity index (χ3v) is 3.07. The van der Waals surface area contributed by atoms with Gasteiger partial charge in [-0.25, -0.2) is 9.97 Å². The quantitative estimate of drug-likeness (QED) is 0.873. The van der Waals surface area contributed by atoms with Crippen molar-refractivity contribution < 1.29 is 9.84 Å². The average molecular weight is 266 g/mol. The molecular weight excluding hydrogens is 252 g/mol. The van der Waals surface area contributed by atoms with Crippen LogP contribution in [-0.2, 0) is 13.2 Å². The van der Waals surface area contributed by atoms with E-state index in [0.717, 1.165) is 5.56 Å². The Balaban J connectivity index is 2.13. The van der Waals surface area contributed by atoms with Crippen molar-refractivity contribution in [2.75, 3.05) is 19.1 Å². The Morgan fingerprint density at radius 1 is 1.50 bits per heavy atom. The van der Waals surface area contributed by atoms with Crippen molar-refractivity contribution in [2.24, 2.45) is 0 Å². The molecule has 0 aliphatic rings. The lowest BCUT2D eigenvalue weighted by Crippen LogP contribution is -2.19. The lowest BCUT2D eigenvalue weighted by Gasteiger charge is -2.16. The van der Waals surface area contributed by atoms with Gasteiger partial charge in [0.1, 0.15) is 0 Å². The van der Waals surface area contributed by atoms with Gasteiger partial charge in [-0.15, -0.1) is 0 Å². The monoisotopic (exact) mass is 266 g/mol. The fourth-order valence-electron chi connectivity index (χ4n) is 1.50. The first kappa shape index (κ1) is 12.7. The minimum atomic E-state index is -0.0906. The fourth-order valence-corrected chi connectivity index (χ4v) is 2.15. The molecule has 0 amide bonds. The molecule has 2 aromatic rings. The molecule has 7 heteroatoms.